The van der Waals surface area contributed by atoms with Crippen LogP contribution in [0.1, 0.15) is 39.5 Å². The highest BCUT2D eigenvalue weighted by molar-refractivity contribution is 6.96. The van der Waals surface area contributed by atoms with Gasteiger partial charge in [0.15, 0.2) is 22.4 Å². The first kappa shape index (κ1) is 29.5. The van der Waals surface area contributed by atoms with E-state index in [-0.39, 0.29) is 18.3 Å². The lowest BCUT2D eigenvalue weighted by atomic mass is 10.1. The van der Waals surface area contributed by atoms with Gasteiger partial charge < -0.3 is 14.1 Å². The summed E-state index contributed by atoms with van der Waals surface area (Å²) in [6.45, 7) is 22.5. The summed E-state index contributed by atoms with van der Waals surface area (Å²) in [6, 6.07) is 2.27. The molecule has 0 aromatic carbocycles. The van der Waals surface area contributed by atoms with Crippen molar-refractivity contribution in [1.29, 1.82) is 0 Å². The van der Waals surface area contributed by atoms with Gasteiger partial charge in [0.05, 0.1) is 6.61 Å². The highest BCUT2D eigenvalue weighted by Gasteiger charge is 2.37. The molecular weight excluding hydrogens is 427 g/mol. The quantitative estimate of drug-likeness (QED) is 0.190. The largest absolute Gasteiger partial charge is 0.456 e. The van der Waals surface area contributed by atoms with E-state index in [4.69, 9.17) is 9.22 Å². The topological polar surface area (TPSA) is 66.8 Å². The van der Waals surface area contributed by atoms with E-state index in [0.29, 0.717) is 18.5 Å². The van der Waals surface area contributed by atoms with E-state index < -0.39 is 24.7 Å². The average molecular weight is 474 g/mol. The SMILES string of the molecule is C=C(C)C(=O)CCCC[Si](C)(C)O[Si](C)(C)C[Si](C)(C)CCCN(CCO)C(C)=O. The van der Waals surface area contributed by atoms with Crippen LogP contribution in [0.3, 0.4) is 0 Å². The smallest absolute Gasteiger partial charge is 0.219 e. The maximum absolute atomic E-state index is 11.7. The molecule has 0 unspecified atom stereocenters. The highest BCUT2D eigenvalue weighted by Crippen LogP contribution is 2.30. The molecule has 1 amide bonds. The fourth-order valence-corrected chi connectivity index (χ4v) is 23.9. The minimum absolute atomic E-state index is 0.0231. The van der Waals surface area contributed by atoms with Crippen LogP contribution in [0, 0.1) is 0 Å². The zero-order valence-corrected chi connectivity index (χ0v) is 23.9. The van der Waals surface area contributed by atoms with Crippen molar-refractivity contribution < 1.29 is 18.8 Å². The van der Waals surface area contributed by atoms with Crippen LogP contribution < -0.4 is 0 Å². The molecular formula is C22H47NO4Si3. The maximum atomic E-state index is 11.7. The normalized spacial score (nSPS) is 12.7. The molecule has 0 saturated heterocycles. The molecule has 8 heteroatoms. The Morgan fingerprint density at radius 2 is 1.50 bits per heavy atom. The molecule has 0 aliphatic rings. The number of rotatable bonds is 16. The van der Waals surface area contributed by atoms with Crippen LogP contribution >= 0.6 is 0 Å². The number of carbonyl (C=O) groups is 2. The Hall–Kier alpha value is -0.549. The van der Waals surface area contributed by atoms with E-state index in [9.17, 15) is 9.59 Å². The van der Waals surface area contributed by atoms with E-state index >= 15 is 0 Å². The van der Waals surface area contributed by atoms with Gasteiger partial charge in [-0.1, -0.05) is 32.1 Å². The van der Waals surface area contributed by atoms with Crippen molar-refractivity contribution in [3.63, 3.8) is 0 Å². The van der Waals surface area contributed by atoms with Crippen molar-refractivity contribution >= 4 is 36.4 Å². The lowest BCUT2D eigenvalue weighted by molar-refractivity contribution is -0.129. The molecule has 1 N–H and O–H groups in total. The standard InChI is InChI=1S/C22H47NO4Si3/c1-20(2)22(26)13-10-11-18-29(6,7)27-30(8,9)19-28(4,5)17-12-14-23(15-16-24)21(3)25/h24H,1,10-19H2,2-9H3. The second-order valence-corrected chi connectivity index (χ2v) is 25.3. The minimum atomic E-state index is -1.77. The van der Waals surface area contributed by atoms with Crippen molar-refractivity contribution in [3.05, 3.63) is 12.2 Å². The first-order chi connectivity index (χ1) is 13.6. The summed E-state index contributed by atoms with van der Waals surface area (Å²) in [6.07, 6.45) is 3.58. The number of ketones is 1. The summed E-state index contributed by atoms with van der Waals surface area (Å²) in [7, 11) is -4.93. The fourth-order valence-electron chi connectivity index (χ4n) is 4.42. The number of hydrogen-bond acceptors (Lipinski definition) is 4. The van der Waals surface area contributed by atoms with Crippen LogP contribution in [0.25, 0.3) is 0 Å². The molecule has 0 aliphatic heterocycles. The van der Waals surface area contributed by atoms with Gasteiger partial charge in [0.1, 0.15) is 0 Å². The summed E-state index contributed by atoms with van der Waals surface area (Å²) in [4.78, 5) is 25.1. The van der Waals surface area contributed by atoms with Crippen molar-refractivity contribution in [3.8, 4) is 0 Å². The molecule has 0 aromatic rings. The third-order valence-electron chi connectivity index (χ3n) is 5.46. The average Bonchev–Trinajstić information content (AvgIpc) is 2.55. The summed E-state index contributed by atoms with van der Waals surface area (Å²) in [5, 5.41) is 9.12. The molecule has 0 aliphatic carbocycles. The number of hydrogen-bond donors (Lipinski definition) is 1. The third kappa shape index (κ3) is 13.7. The second-order valence-electron chi connectivity index (χ2n) is 10.7. The third-order valence-corrected chi connectivity index (χ3v) is 20.4. The number of unbranched alkanes of at least 4 members (excludes halogenated alkanes) is 1. The zero-order chi connectivity index (χ0) is 23.6. The molecule has 0 fully saturated rings. The summed E-state index contributed by atoms with van der Waals surface area (Å²) in [5.41, 5.74) is 1.89. The molecule has 0 spiro atoms. The number of amides is 1. The maximum Gasteiger partial charge on any atom is 0.219 e. The number of Topliss-reactive ketones (excluding diaryl/α,β-unsaturated/α-hetero) is 1. The lowest BCUT2D eigenvalue weighted by Gasteiger charge is -2.38. The van der Waals surface area contributed by atoms with Crippen LogP contribution in [0.2, 0.25) is 57.0 Å². The molecule has 0 saturated carbocycles. The molecule has 0 atom stereocenters. The molecule has 176 valence electrons. The number of aliphatic hydroxyl groups excluding tert-OH is 1. The zero-order valence-electron chi connectivity index (χ0n) is 20.9. The lowest BCUT2D eigenvalue weighted by Crippen LogP contribution is -2.49. The Morgan fingerprint density at radius 1 is 0.900 bits per heavy atom. The van der Waals surface area contributed by atoms with E-state index in [0.717, 1.165) is 31.9 Å². The van der Waals surface area contributed by atoms with Gasteiger partial charge in [0.25, 0.3) is 0 Å². The Balaban J connectivity index is 4.55. The van der Waals surface area contributed by atoms with Gasteiger partial charge in [-0.25, -0.2) is 0 Å². The molecule has 0 rings (SSSR count). The van der Waals surface area contributed by atoms with Crippen LogP contribution in [-0.4, -0.2) is 66.1 Å². The predicted octanol–water partition coefficient (Wildman–Crippen LogP) is 5.21. The summed E-state index contributed by atoms with van der Waals surface area (Å²) < 4.78 is 6.83. The molecule has 0 bridgehead atoms. The van der Waals surface area contributed by atoms with E-state index in [1.165, 1.54) is 11.7 Å². The molecule has 0 aromatic heterocycles. The van der Waals surface area contributed by atoms with Crippen LogP contribution in [0.4, 0.5) is 0 Å². The van der Waals surface area contributed by atoms with E-state index in [2.05, 4.69) is 45.9 Å². The number of aliphatic hydroxyl groups is 1. The molecule has 0 radical (unpaired) electrons. The van der Waals surface area contributed by atoms with Crippen LogP contribution in [-0.2, 0) is 13.7 Å². The first-order valence-electron chi connectivity index (χ1n) is 11.4. The monoisotopic (exact) mass is 473 g/mol. The first-order valence-corrected chi connectivity index (χ1v) is 21.0. The fraction of sp³-hybridized carbons (Fsp3) is 0.818. The molecule has 30 heavy (non-hydrogen) atoms. The predicted molar refractivity (Wildman–Crippen MR) is 136 cm³/mol. The Labute approximate surface area is 188 Å². The second kappa shape index (κ2) is 13.1. The number of carbonyl (C=O) groups excluding carboxylic acids is 2. The Bertz CT molecular complexity index is 577. The van der Waals surface area contributed by atoms with E-state index in [1.54, 1.807) is 18.7 Å². The Morgan fingerprint density at radius 3 is 2.00 bits per heavy atom. The molecule has 5 nitrogen and oxygen atoms in total. The van der Waals surface area contributed by atoms with Gasteiger partial charge in [0, 0.05) is 34.5 Å². The van der Waals surface area contributed by atoms with Crippen molar-refractivity contribution in [1.82, 2.24) is 4.90 Å². The van der Waals surface area contributed by atoms with Crippen molar-refractivity contribution in [2.45, 2.75) is 96.6 Å². The number of allylic oxidation sites excluding steroid dienone is 1. The van der Waals surface area contributed by atoms with Gasteiger partial charge in [-0.3, -0.25) is 9.59 Å². The van der Waals surface area contributed by atoms with Crippen molar-refractivity contribution in [2.24, 2.45) is 0 Å². The highest BCUT2D eigenvalue weighted by atomic mass is 28.4. The summed E-state index contributed by atoms with van der Waals surface area (Å²) >= 11 is 0. The Kier molecular flexibility index (Phi) is 12.9. The van der Waals surface area contributed by atoms with Gasteiger partial charge in [-0.2, -0.15) is 0 Å². The number of nitrogens with zero attached hydrogens (tertiary/aromatic N) is 1. The van der Waals surface area contributed by atoms with Crippen molar-refractivity contribution in [2.75, 3.05) is 19.7 Å². The summed E-state index contributed by atoms with van der Waals surface area (Å²) in [5.74, 6) is 0.222. The van der Waals surface area contributed by atoms with E-state index in [1.807, 2.05) is 0 Å². The van der Waals surface area contributed by atoms with Gasteiger partial charge in [-0.15, -0.1) is 0 Å². The van der Waals surface area contributed by atoms with Gasteiger partial charge >= 0.3 is 0 Å². The van der Waals surface area contributed by atoms with Gasteiger partial charge in [0.2, 0.25) is 5.91 Å². The molecule has 0 heterocycles. The van der Waals surface area contributed by atoms with Crippen LogP contribution in [0.15, 0.2) is 12.2 Å². The van der Waals surface area contributed by atoms with Gasteiger partial charge in [-0.05, 0) is 63.2 Å². The van der Waals surface area contributed by atoms with Crippen LogP contribution in [0.5, 0.6) is 0 Å². The minimum Gasteiger partial charge on any atom is -0.456 e.